The Morgan fingerprint density at radius 3 is 2.08 bits per heavy atom. The number of ether oxygens (including phenoxy) is 2. The van der Waals surface area contributed by atoms with Crippen LogP contribution in [0.15, 0.2) is 36.4 Å². The number of fused-ring (bicyclic) bond motifs is 3. The molecule has 0 saturated carbocycles. The normalized spacial score (nSPS) is 20.4. The zero-order valence-electron chi connectivity index (χ0n) is 14.6. The van der Waals surface area contributed by atoms with E-state index in [0.717, 1.165) is 22.3 Å². The van der Waals surface area contributed by atoms with Gasteiger partial charge in [-0.3, -0.25) is 0 Å². The highest BCUT2D eigenvalue weighted by atomic mass is 32.1. The summed E-state index contributed by atoms with van der Waals surface area (Å²) in [4.78, 5) is 25.5. The molecular weight excluding hydrogens is 368 g/mol. The van der Waals surface area contributed by atoms with Gasteiger partial charge in [-0.05, 0) is 19.4 Å². The van der Waals surface area contributed by atoms with Crippen LogP contribution in [0.2, 0.25) is 0 Å². The lowest BCUT2D eigenvalue weighted by Crippen LogP contribution is -2.16. The summed E-state index contributed by atoms with van der Waals surface area (Å²) >= 11 is 11.1. The van der Waals surface area contributed by atoms with E-state index in [0.29, 0.717) is 33.7 Å². The van der Waals surface area contributed by atoms with E-state index in [2.05, 4.69) is 13.2 Å². The lowest BCUT2D eigenvalue weighted by Gasteiger charge is -2.21. The van der Waals surface area contributed by atoms with Crippen LogP contribution >= 0.6 is 24.4 Å². The molecular formula is C20H18O4S2. The number of benzene rings is 1. The van der Waals surface area contributed by atoms with Crippen LogP contribution in [0.4, 0.5) is 0 Å². The fourth-order valence-corrected chi connectivity index (χ4v) is 3.91. The molecule has 0 spiro atoms. The third kappa shape index (κ3) is 3.15. The van der Waals surface area contributed by atoms with Crippen molar-refractivity contribution in [1.29, 1.82) is 0 Å². The minimum Gasteiger partial charge on any atom is -0.454 e. The van der Waals surface area contributed by atoms with Gasteiger partial charge >= 0.3 is 11.9 Å². The maximum atomic E-state index is 12.1. The Kier molecular flexibility index (Phi) is 4.90. The molecule has 0 heterocycles. The monoisotopic (exact) mass is 386 g/mol. The van der Waals surface area contributed by atoms with Crippen LogP contribution in [0, 0.1) is 0 Å². The molecule has 1 aromatic rings. The molecule has 4 rings (SSSR count). The summed E-state index contributed by atoms with van der Waals surface area (Å²) in [7, 11) is 0. The van der Waals surface area contributed by atoms with E-state index in [9.17, 15) is 9.59 Å². The Bertz CT molecular complexity index is 869. The van der Waals surface area contributed by atoms with Crippen molar-refractivity contribution < 1.29 is 19.1 Å². The number of thiocarbonyl (C=S) groups is 2. The third-order valence-corrected chi connectivity index (χ3v) is 5.22. The van der Waals surface area contributed by atoms with Crippen molar-refractivity contribution >= 4 is 46.1 Å². The predicted molar refractivity (Wildman–Crippen MR) is 106 cm³/mol. The Morgan fingerprint density at radius 1 is 0.962 bits per heavy atom. The van der Waals surface area contributed by atoms with Crippen LogP contribution in [-0.4, -0.2) is 21.7 Å². The molecule has 3 aliphatic rings. The molecule has 0 aromatic heterocycles. The second-order valence-corrected chi connectivity index (χ2v) is 7.58. The summed E-state index contributed by atoms with van der Waals surface area (Å²) in [6, 6.07) is 3.78. The zero-order chi connectivity index (χ0) is 19.2. The topological polar surface area (TPSA) is 52.6 Å². The smallest absolute Gasteiger partial charge is 0.333 e. The van der Waals surface area contributed by atoms with Gasteiger partial charge in [0.2, 0.25) is 0 Å². The molecule has 0 amide bonds. The molecule has 2 atom stereocenters. The predicted octanol–water partition coefficient (Wildman–Crippen LogP) is 4.25. The van der Waals surface area contributed by atoms with Gasteiger partial charge in [0, 0.05) is 50.4 Å². The van der Waals surface area contributed by atoms with Gasteiger partial charge in [0.1, 0.15) is 12.2 Å². The fourth-order valence-electron chi connectivity index (χ4n) is 3.22. The largest absolute Gasteiger partial charge is 0.454 e. The van der Waals surface area contributed by atoms with E-state index < -0.39 is 24.1 Å². The Hall–Kier alpha value is -2.18. The summed E-state index contributed by atoms with van der Waals surface area (Å²) < 4.78 is 11.2. The molecule has 0 saturated heterocycles. The van der Waals surface area contributed by atoms with Gasteiger partial charge in [-0.1, -0.05) is 49.7 Å². The number of rotatable bonds is 4. The van der Waals surface area contributed by atoms with Gasteiger partial charge in [0.05, 0.1) is 0 Å². The fraction of sp³-hybridized carbons (Fsp3) is 0.300. The SMILES string of the molecule is C=C(C)C(=O)OC1CC(=S)c2ccc1c1c2C(=S)CC1OC(=O)C(=C)C. The minimum absolute atomic E-state index is 0.313. The summed E-state index contributed by atoms with van der Waals surface area (Å²) in [5, 5.41) is 0. The molecule has 0 N–H and O–H groups in total. The Morgan fingerprint density at radius 2 is 1.50 bits per heavy atom. The zero-order valence-corrected chi connectivity index (χ0v) is 16.2. The standard InChI is InChI=1S/C20H18O4S2/c1-9(2)19(21)23-13-7-15(25)12-6-5-11(13)17-14(8-16(26)18(12)17)24-20(22)10(3)4/h5-6,13-14H,1,3,7-8H2,2,4H3. The van der Waals surface area contributed by atoms with E-state index in [-0.39, 0.29) is 0 Å². The van der Waals surface area contributed by atoms with Crippen LogP contribution in [0.3, 0.4) is 0 Å². The van der Waals surface area contributed by atoms with Crippen molar-refractivity contribution in [1.82, 2.24) is 0 Å². The molecule has 3 aliphatic carbocycles. The van der Waals surface area contributed by atoms with Crippen LogP contribution in [0.5, 0.6) is 0 Å². The highest BCUT2D eigenvalue weighted by Crippen LogP contribution is 2.46. The minimum atomic E-state index is -0.556. The molecule has 1 aromatic carbocycles. The first-order chi connectivity index (χ1) is 12.2. The van der Waals surface area contributed by atoms with Gasteiger partial charge in [0.15, 0.2) is 0 Å². The average Bonchev–Trinajstić information content (AvgIpc) is 2.74. The molecule has 2 bridgehead atoms. The lowest BCUT2D eigenvalue weighted by atomic mass is 9.98. The van der Waals surface area contributed by atoms with Gasteiger partial charge < -0.3 is 9.47 Å². The molecule has 0 aliphatic heterocycles. The number of hydrogen-bond acceptors (Lipinski definition) is 6. The second-order valence-electron chi connectivity index (χ2n) is 6.59. The van der Waals surface area contributed by atoms with Crippen molar-refractivity contribution in [2.45, 2.75) is 38.9 Å². The number of esters is 2. The van der Waals surface area contributed by atoms with Crippen molar-refractivity contribution in [3.63, 3.8) is 0 Å². The number of carbonyl (C=O) groups is 2. The molecule has 26 heavy (non-hydrogen) atoms. The molecule has 6 heteroatoms. The van der Waals surface area contributed by atoms with E-state index >= 15 is 0 Å². The maximum absolute atomic E-state index is 12.1. The van der Waals surface area contributed by atoms with Crippen molar-refractivity contribution in [3.8, 4) is 0 Å². The van der Waals surface area contributed by atoms with E-state index in [1.165, 1.54) is 0 Å². The van der Waals surface area contributed by atoms with E-state index in [4.69, 9.17) is 33.9 Å². The van der Waals surface area contributed by atoms with Crippen LogP contribution < -0.4 is 0 Å². The van der Waals surface area contributed by atoms with E-state index in [1.54, 1.807) is 13.8 Å². The summed E-state index contributed by atoms with van der Waals surface area (Å²) in [6.45, 7) is 10.4. The molecule has 2 unspecified atom stereocenters. The van der Waals surface area contributed by atoms with Gasteiger partial charge in [-0.2, -0.15) is 0 Å². The third-order valence-electron chi connectivity index (χ3n) is 4.46. The summed E-state index contributed by atoms with van der Waals surface area (Å²) in [5.41, 5.74) is 3.90. The van der Waals surface area contributed by atoms with Gasteiger partial charge in [-0.25, -0.2) is 9.59 Å². The number of hydrogen-bond donors (Lipinski definition) is 0. The van der Waals surface area contributed by atoms with Crippen LogP contribution in [0.1, 0.15) is 61.2 Å². The van der Waals surface area contributed by atoms with Crippen LogP contribution in [0.25, 0.3) is 0 Å². The molecule has 0 radical (unpaired) electrons. The van der Waals surface area contributed by atoms with Gasteiger partial charge in [-0.15, -0.1) is 0 Å². The Labute approximate surface area is 162 Å². The molecule has 0 fully saturated rings. The quantitative estimate of drug-likeness (QED) is 0.438. The second kappa shape index (κ2) is 6.85. The van der Waals surface area contributed by atoms with Crippen molar-refractivity contribution in [2.24, 2.45) is 0 Å². The summed E-state index contributed by atoms with van der Waals surface area (Å²) in [6.07, 6.45) is -0.274. The summed E-state index contributed by atoms with van der Waals surface area (Å²) in [5.74, 6) is -0.952. The number of carbonyl (C=O) groups excluding carboxylic acids is 2. The Balaban J connectivity index is 2.08. The lowest BCUT2D eigenvalue weighted by molar-refractivity contribution is -0.146. The highest BCUT2D eigenvalue weighted by Gasteiger charge is 2.40. The average molecular weight is 386 g/mol. The van der Waals surface area contributed by atoms with Crippen LogP contribution in [-0.2, 0) is 19.1 Å². The first-order valence-electron chi connectivity index (χ1n) is 8.16. The molecule has 134 valence electrons. The van der Waals surface area contributed by atoms with Gasteiger partial charge in [0.25, 0.3) is 0 Å². The van der Waals surface area contributed by atoms with Crippen molar-refractivity contribution in [3.05, 3.63) is 58.7 Å². The van der Waals surface area contributed by atoms with Crippen molar-refractivity contribution in [2.75, 3.05) is 0 Å². The molecule has 4 nitrogen and oxygen atoms in total. The first kappa shape index (κ1) is 18.6. The first-order valence-corrected chi connectivity index (χ1v) is 8.98. The maximum Gasteiger partial charge on any atom is 0.333 e. The van der Waals surface area contributed by atoms with E-state index in [1.807, 2.05) is 12.1 Å². The highest BCUT2D eigenvalue weighted by molar-refractivity contribution is 7.81.